The monoisotopic (exact) mass is 423 g/mol. The first-order valence-corrected chi connectivity index (χ1v) is 10.6. The highest BCUT2D eigenvalue weighted by molar-refractivity contribution is 7.90. The van der Waals surface area contributed by atoms with E-state index in [0.717, 1.165) is 9.18 Å². The zero-order chi connectivity index (χ0) is 19.4. The van der Waals surface area contributed by atoms with Gasteiger partial charge in [-0.15, -0.1) is 11.3 Å². The molecule has 0 aliphatic carbocycles. The van der Waals surface area contributed by atoms with E-state index in [1.54, 1.807) is 18.3 Å². The Bertz CT molecular complexity index is 1110. The third kappa shape index (κ3) is 2.62. The Morgan fingerprint density at radius 2 is 2.26 bits per heavy atom. The minimum absolute atomic E-state index is 0.0124. The topological polar surface area (TPSA) is 122 Å². The number of nitrogens with two attached hydrogens (primary N) is 1. The van der Waals surface area contributed by atoms with Gasteiger partial charge in [0.1, 0.15) is 16.9 Å². The number of guanidine groups is 1. The number of rotatable bonds is 2. The number of hydrogen-bond donors (Lipinski definition) is 1. The molecule has 2 unspecified atom stereocenters. The molecular formula is C16H14ClN5O3S2. The molecule has 4 rings (SSSR count). The third-order valence-electron chi connectivity index (χ3n) is 4.73. The lowest BCUT2D eigenvalue weighted by molar-refractivity contribution is 0.179. The maximum absolute atomic E-state index is 12.9. The van der Waals surface area contributed by atoms with E-state index in [-0.39, 0.29) is 19.2 Å². The molecular weight excluding hydrogens is 410 g/mol. The molecule has 4 heterocycles. The molecule has 2 aromatic rings. The third-order valence-corrected chi connectivity index (χ3v) is 8.69. The van der Waals surface area contributed by atoms with E-state index >= 15 is 0 Å². The van der Waals surface area contributed by atoms with E-state index in [1.807, 2.05) is 6.07 Å². The van der Waals surface area contributed by atoms with Gasteiger partial charge in [0, 0.05) is 29.9 Å². The second-order valence-corrected chi connectivity index (χ2v) is 9.88. The average molecular weight is 424 g/mol. The number of nitriles is 1. The van der Waals surface area contributed by atoms with E-state index in [1.165, 1.54) is 24.6 Å². The van der Waals surface area contributed by atoms with Crippen molar-refractivity contribution in [2.75, 3.05) is 20.3 Å². The number of fused-ring (bicyclic) bond motifs is 1. The molecule has 2 aromatic heterocycles. The molecule has 11 heteroatoms. The van der Waals surface area contributed by atoms with E-state index in [2.05, 4.69) is 9.98 Å². The molecule has 1 fully saturated rings. The zero-order valence-electron chi connectivity index (χ0n) is 14.1. The van der Waals surface area contributed by atoms with Gasteiger partial charge in [-0.1, -0.05) is 11.6 Å². The molecule has 0 saturated carbocycles. The zero-order valence-corrected chi connectivity index (χ0v) is 16.5. The molecule has 0 amide bonds. The van der Waals surface area contributed by atoms with Crippen LogP contribution in [0, 0.1) is 11.3 Å². The van der Waals surface area contributed by atoms with Gasteiger partial charge < -0.3 is 10.5 Å². The summed E-state index contributed by atoms with van der Waals surface area (Å²) in [6, 6.07) is 5.46. The molecule has 2 aliphatic heterocycles. The van der Waals surface area contributed by atoms with Crippen molar-refractivity contribution in [2.24, 2.45) is 10.7 Å². The lowest BCUT2D eigenvalue weighted by atomic mass is 9.96. The van der Waals surface area contributed by atoms with E-state index in [0.29, 0.717) is 21.0 Å². The number of aromatic nitrogens is 1. The second kappa shape index (κ2) is 6.17. The van der Waals surface area contributed by atoms with Crippen LogP contribution in [0.15, 0.2) is 29.5 Å². The van der Waals surface area contributed by atoms with Crippen molar-refractivity contribution in [3.8, 4) is 16.5 Å². The Morgan fingerprint density at radius 3 is 3.00 bits per heavy atom. The van der Waals surface area contributed by atoms with Gasteiger partial charge in [-0.3, -0.25) is 4.98 Å². The number of aliphatic imine (C=N–C) groups is 1. The van der Waals surface area contributed by atoms with Crippen LogP contribution in [-0.2, 0) is 20.3 Å². The van der Waals surface area contributed by atoms with E-state index in [4.69, 9.17) is 27.3 Å². The fourth-order valence-electron chi connectivity index (χ4n) is 3.29. The lowest BCUT2D eigenvalue weighted by Gasteiger charge is -2.37. The number of ether oxygens (including phenoxy) is 1. The fraction of sp³-hybridized carbons (Fsp3) is 0.312. The van der Waals surface area contributed by atoms with Gasteiger partial charge in [0.15, 0.2) is 0 Å². The van der Waals surface area contributed by atoms with Crippen LogP contribution in [-0.4, -0.2) is 49.2 Å². The van der Waals surface area contributed by atoms with Gasteiger partial charge in [0.2, 0.25) is 16.0 Å². The van der Waals surface area contributed by atoms with E-state index < -0.39 is 20.8 Å². The summed E-state index contributed by atoms with van der Waals surface area (Å²) in [7, 11) is -2.36. The predicted molar refractivity (Wildman–Crippen MR) is 102 cm³/mol. The normalized spacial score (nSPS) is 26.3. The Balaban J connectivity index is 1.89. The Kier molecular flexibility index (Phi) is 4.16. The van der Waals surface area contributed by atoms with Gasteiger partial charge in [-0.25, -0.2) is 17.7 Å². The molecule has 0 radical (unpaired) electrons. The van der Waals surface area contributed by atoms with Crippen molar-refractivity contribution in [1.29, 1.82) is 5.26 Å². The summed E-state index contributed by atoms with van der Waals surface area (Å²) in [5, 5.41) is 8.55. The van der Waals surface area contributed by atoms with Crippen molar-refractivity contribution < 1.29 is 13.2 Å². The lowest BCUT2D eigenvalue weighted by Crippen LogP contribution is -2.56. The first-order chi connectivity index (χ1) is 12.8. The first kappa shape index (κ1) is 18.2. The highest BCUT2D eigenvalue weighted by Crippen LogP contribution is 2.49. The number of nitrogens with zero attached hydrogens (tertiary/aromatic N) is 4. The Morgan fingerprint density at radius 1 is 1.48 bits per heavy atom. The summed E-state index contributed by atoms with van der Waals surface area (Å²) in [5.74, 6) is -0.101. The van der Waals surface area contributed by atoms with Crippen molar-refractivity contribution >= 4 is 38.9 Å². The van der Waals surface area contributed by atoms with Crippen LogP contribution >= 0.6 is 22.9 Å². The molecule has 2 aliphatic rings. The summed E-state index contributed by atoms with van der Waals surface area (Å²) >= 11 is 7.79. The highest BCUT2D eigenvalue weighted by atomic mass is 35.5. The fourth-order valence-corrected chi connectivity index (χ4v) is 6.71. The number of pyridine rings is 1. The quantitative estimate of drug-likeness (QED) is 0.781. The van der Waals surface area contributed by atoms with Crippen LogP contribution in [0.2, 0.25) is 5.02 Å². The number of thiophene rings is 1. The SMILES string of the molecule is CN1C(N)=NC2(c3sc(-c4cncc(C#N)c4)cc3Cl)COCC2S1(=O)=O. The molecule has 2 atom stereocenters. The molecule has 2 N–H and O–H groups in total. The molecule has 0 spiro atoms. The predicted octanol–water partition coefficient (Wildman–Crippen LogP) is 1.52. The summed E-state index contributed by atoms with van der Waals surface area (Å²) in [6.07, 6.45) is 3.09. The number of halogens is 1. The first-order valence-electron chi connectivity index (χ1n) is 7.86. The largest absolute Gasteiger partial charge is 0.377 e. The van der Waals surface area contributed by atoms with Crippen molar-refractivity contribution in [3.63, 3.8) is 0 Å². The number of hydrogen-bond acceptors (Lipinski definition) is 8. The Labute approximate surface area is 164 Å². The molecule has 27 heavy (non-hydrogen) atoms. The summed E-state index contributed by atoms with van der Waals surface area (Å²) in [6.45, 7) is 0.0834. The van der Waals surface area contributed by atoms with Gasteiger partial charge in [0.25, 0.3) is 0 Å². The maximum atomic E-state index is 12.9. The van der Waals surface area contributed by atoms with Gasteiger partial charge in [-0.2, -0.15) is 5.26 Å². The van der Waals surface area contributed by atoms with Crippen LogP contribution in [0.4, 0.5) is 0 Å². The smallest absolute Gasteiger partial charge is 0.245 e. The van der Waals surface area contributed by atoms with Crippen LogP contribution in [0.1, 0.15) is 10.4 Å². The number of sulfonamides is 1. The van der Waals surface area contributed by atoms with Gasteiger partial charge in [0.05, 0.1) is 28.7 Å². The van der Waals surface area contributed by atoms with Crippen molar-refractivity contribution in [2.45, 2.75) is 10.8 Å². The molecule has 1 saturated heterocycles. The van der Waals surface area contributed by atoms with Crippen molar-refractivity contribution in [1.82, 2.24) is 9.29 Å². The standard InChI is InChI=1S/C16H14ClN5O3S2/c1-22-15(19)21-16(8-25-7-13(16)27(22,23)24)14-11(17)3-12(26-14)10-2-9(4-18)5-20-6-10/h2-3,5-6,13H,7-8H2,1H3,(H2,19,21). The average Bonchev–Trinajstić information content (AvgIpc) is 3.25. The maximum Gasteiger partial charge on any atom is 0.245 e. The summed E-state index contributed by atoms with van der Waals surface area (Å²) < 4.78 is 32.2. The molecule has 8 nitrogen and oxygen atoms in total. The van der Waals surface area contributed by atoms with Crippen LogP contribution in [0.3, 0.4) is 0 Å². The summed E-state index contributed by atoms with van der Waals surface area (Å²) in [4.78, 5) is 9.89. The van der Waals surface area contributed by atoms with Crippen LogP contribution in [0.25, 0.3) is 10.4 Å². The highest BCUT2D eigenvalue weighted by Gasteiger charge is 2.58. The summed E-state index contributed by atoms with van der Waals surface area (Å²) in [5.41, 5.74) is 5.84. The minimum atomic E-state index is -3.73. The van der Waals surface area contributed by atoms with Gasteiger partial charge >= 0.3 is 0 Å². The van der Waals surface area contributed by atoms with Crippen LogP contribution < -0.4 is 5.73 Å². The minimum Gasteiger partial charge on any atom is -0.377 e. The molecule has 0 bridgehead atoms. The van der Waals surface area contributed by atoms with E-state index in [9.17, 15) is 8.42 Å². The van der Waals surface area contributed by atoms with Crippen molar-refractivity contribution in [3.05, 3.63) is 40.0 Å². The van der Waals surface area contributed by atoms with Gasteiger partial charge in [-0.05, 0) is 12.1 Å². The molecule has 0 aromatic carbocycles. The second-order valence-electron chi connectivity index (χ2n) is 6.27. The Hall–Kier alpha value is -2.19. The van der Waals surface area contributed by atoms with Crippen LogP contribution in [0.5, 0.6) is 0 Å². The molecule has 140 valence electrons.